The first-order chi connectivity index (χ1) is 11.7. The Kier molecular flexibility index (Phi) is 5.22. The number of aryl methyl sites for hydroxylation is 1. The van der Waals surface area contributed by atoms with Crippen LogP contribution in [0.25, 0.3) is 0 Å². The number of anilines is 2. The molecular formula is C17H21N5O2. The maximum absolute atomic E-state index is 5.38. The fraction of sp³-hybridized carbons (Fsp3) is 0.353. The van der Waals surface area contributed by atoms with Crippen LogP contribution in [0.3, 0.4) is 0 Å². The second-order valence-electron chi connectivity index (χ2n) is 5.40. The van der Waals surface area contributed by atoms with Gasteiger partial charge in [0.1, 0.15) is 17.4 Å². The van der Waals surface area contributed by atoms with Crippen molar-refractivity contribution in [2.24, 2.45) is 5.10 Å². The molecule has 0 aliphatic carbocycles. The van der Waals surface area contributed by atoms with Crippen LogP contribution in [-0.2, 0) is 4.74 Å². The van der Waals surface area contributed by atoms with Crippen LogP contribution in [0.2, 0.25) is 0 Å². The Morgan fingerprint density at radius 1 is 1.21 bits per heavy atom. The van der Waals surface area contributed by atoms with Gasteiger partial charge in [-0.15, -0.1) is 0 Å². The summed E-state index contributed by atoms with van der Waals surface area (Å²) in [6.45, 7) is 5.00. The standard InChI is InChI=1S/C17H21N5O2/c1-13-19-16(11-17(20-13)22-7-9-24-10-8-22)21-18-12-14-3-5-15(23-2)6-4-14/h3-6,11-12H,7-10H2,1-2H3,(H,19,20,21)/b18-12+. The molecule has 2 heterocycles. The predicted molar refractivity (Wildman–Crippen MR) is 94.0 cm³/mol. The lowest BCUT2D eigenvalue weighted by molar-refractivity contribution is 0.122. The smallest absolute Gasteiger partial charge is 0.152 e. The third kappa shape index (κ3) is 4.20. The van der Waals surface area contributed by atoms with E-state index in [-0.39, 0.29) is 0 Å². The maximum atomic E-state index is 5.38. The Bertz CT molecular complexity index is 697. The van der Waals surface area contributed by atoms with Crippen LogP contribution in [0, 0.1) is 6.92 Å². The van der Waals surface area contributed by atoms with Crippen molar-refractivity contribution in [1.29, 1.82) is 0 Å². The molecule has 1 aromatic heterocycles. The number of morpholine rings is 1. The summed E-state index contributed by atoms with van der Waals surface area (Å²) in [4.78, 5) is 11.1. The van der Waals surface area contributed by atoms with Gasteiger partial charge >= 0.3 is 0 Å². The average molecular weight is 327 g/mol. The summed E-state index contributed by atoms with van der Waals surface area (Å²) in [5, 5.41) is 4.25. The van der Waals surface area contributed by atoms with E-state index in [1.807, 2.05) is 37.3 Å². The zero-order chi connectivity index (χ0) is 16.8. The van der Waals surface area contributed by atoms with Crippen molar-refractivity contribution in [2.75, 3.05) is 43.7 Å². The van der Waals surface area contributed by atoms with Gasteiger partial charge in [0, 0.05) is 19.2 Å². The van der Waals surface area contributed by atoms with E-state index in [0.29, 0.717) is 11.6 Å². The average Bonchev–Trinajstić information content (AvgIpc) is 2.63. The van der Waals surface area contributed by atoms with Gasteiger partial charge in [-0.3, -0.25) is 5.43 Å². The lowest BCUT2D eigenvalue weighted by atomic mass is 10.2. The second kappa shape index (κ2) is 7.74. The van der Waals surface area contributed by atoms with E-state index in [2.05, 4.69) is 25.4 Å². The van der Waals surface area contributed by atoms with Crippen molar-refractivity contribution in [3.8, 4) is 5.75 Å². The van der Waals surface area contributed by atoms with Gasteiger partial charge in [0.25, 0.3) is 0 Å². The molecule has 24 heavy (non-hydrogen) atoms. The van der Waals surface area contributed by atoms with Crippen molar-refractivity contribution in [3.05, 3.63) is 41.7 Å². The van der Waals surface area contributed by atoms with Crippen molar-refractivity contribution in [1.82, 2.24) is 9.97 Å². The molecule has 1 aliphatic rings. The Hall–Kier alpha value is -2.67. The Morgan fingerprint density at radius 3 is 2.67 bits per heavy atom. The number of rotatable bonds is 5. The predicted octanol–water partition coefficient (Wildman–Crippen LogP) is 2.08. The van der Waals surface area contributed by atoms with Crippen LogP contribution < -0.4 is 15.1 Å². The quantitative estimate of drug-likeness (QED) is 0.670. The summed E-state index contributed by atoms with van der Waals surface area (Å²) in [6, 6.07) is 9.58. The lowest BCUT2D eigenvalue weighted by Gasteiger charge is -2.28. The summed E-state index contributed by atoms with van der Waals surface area (Å²) >= 11 is 0. The maximum Gasteiger partial charge on any atom is 0.152 e. The first kappa shape index (κ1) is 16.2. The van der Waals surface area contributed by atoms with Crippen LogP contribution >= 0.6 is 0 Å². The molecule has 0 amide bonds. The highest BCUT2D eigenvalue weighted by atomic mass is 16.5. The lowest BCUT2D eigenvalue weighted by Crippen LogP contribution is -2.36. The molecule has 7 nitrogen and oxygen atoms in total. The third-order valence-corrected chi connectivity index (χ3v) is 3.67. The monoisotopic (exact) mass is 327 g/mol. The molecule has 7 heteroatoms. The van der Waals surface area contributed by atoms with Gasteiger partial charge in [-0.05, 0) is 36.8 Å². The molecule has 2 aromatic rings. The minimum absolute atomic E-state index is 0.675. The number of aromatic nitrogens is 2. The number of nitrogens with zero attached hydrogens (tertiary/aromatic N) is 4. The topological polar surface area (TPSA) is 71.9 Å². The van der Waals surface area contributed by atoms with E-state index in [4.69, 9.17) is 9.47 Å². The molecule has 0 atom stereocenters. The van der Waals surface area contributed by atoms with Gasteiger partial charge in [0.05, 0.1) is 26.5 Å². The minimum Gasteiger partial charge on any atom is -0.497 e. The first-order valence-corrected chi connectivity index (χ1v) is 7.86. The van der Waals surface area contributed by atoms with E-state index in [9.17, 15) is 0 Å². The first-order valence-electron chi connectivity index (χ1n) is 7.86. The van der Waals surface area contributed by atoms with E-state index in [0.717, 1.165) is 43.4 Å². The van der Waals surface area contributed by atoms with Gasteiger partial charge in [-0.2, -0.15) is 5.10 Å². The molecule has 0 unspecified atom stereocenters. The molecule has 1 aliphatic heterocycles. The highest BCUT2D eigenvalue weighted by Crippen LogP contribution is 2.17. The van der Waals surface area contributed by atoms with Crippen molar-refractivity contribution < 1.29 is 9.47 Å². The number of hydrogen-bond donors (Lipinski definition) is 1. The molecule has 126 valence electrons. The SMILES string of the molecule is COc1ccc(/C=N/Nc2cc(N3CCOCC3)nc(C)n2)cc1. The molecule has 1 N–H and O–H groups in total. The number of methoxy groups -OCH3 is 1. The molecule has 0 radical (unpaired) electrons. The van der Waals surface area contributed by atoms with Crippen LogP contribution in [-0.4, -0.2) is 49.6 Å². The van der Waals surface area contributed by atoms with Gasteiger partial charge in [0.2, 0.25) is 0 Å². The zero-order valence-corrected chi connectivity index (χ0v) is 13.9. The summed E-state index contributed by atoms with van der Waals surface area (Å²) < 4.78 is 10.5. The van der Waals surface area contributed by atoms with Crippen molar-refractivity contribution >= 4 is 17.9 Å². The molecule has 0 saturated carbocycles. The van der Waals surface area contributed by atoms with E-state index >= 15 is 0 Å². The highest BCUT2D eigenvalue weighted by Gasteiger charge is 2.13. The van der Waals surface area contributed by atoms with E-state index in [1.165, 1.54) is 0 Å². The Morgan fingerprint density at radius 2 is 1.96 bits per heavy atom. The number of ether oxygens (including phenoxy) is 2. The fourth-order valence-electron chi connectivity index (χ4n) is 2.43. The zero-order valence-electron chi connectivity index (χ0n) is 13.9. The normalized spacial score (nSPS) is 14.8. The van der Waals surface area contributed by atoms with Crippen molar-refractivity contribution in [2.45, 2.75) is 6.92 Å². The number of hydrogen-bond acceptors (Lipinski definition) is 7. The van der Waals surface area contributed by atoms with Gasteiger partial charge in [0.15, 0.2) is 5.82 Å². The molecule has 3 rings (SSSR count). The van der Waals surface area contributed by atoms with Crippen LogP contribution in [0.15, 0.2) is 35.4 Å². The summed E-state index contributed by atoms with van der Waals surface area (Å²) in [5.41, 5.74) is 3.95. The van der Waals surface area contributed by atoms with Gasteiger partial charge in [-0.25, -0.2) is 9.97 Å². The van der Waals surface area contributed by atoms with Crippen LogP contribution in [0.1, 0.15) is 11.4 Å². The number of hydrazone groups is 1. The summed E-state index contributed by atoms with van der Waals surface area (Å²) in [5.74, 6) is 3.10. The van der Waals surface area contributed by atoms with Crippen LogP contribution in [0.4, 0.5) is 11.6 Å². The van der Waals surface area contributed by atoms with Gasteiger partial charge in [-0.1, -0.05) is 0 Å². The third-order valence-electron chi connectivity index (χ3n) is 3.67. The molecule has 0 spiro atoms. The highest BCUT2D eigenvalue weighted by molar-refractivity contribution is 5.80. The molecule has 1 fully saturated rings. The summed E-state index contributed by atoms with van der Waals surface area (Å²) in [7, 11) is 1.65. The molecule has 1 aromatic carbocycles. The van der Waals surface area contributed by atoms with Crippen LogP contribution in [0.5, 0.6) is 5.75 Å². The van der Waals surface area contributed by atoms with Crippen molar-refractivity contribution in [3.63, 3.8) is 0 Å². The second-order valence-corrected chi connectivity index (χ2v) is 5.40. The molecule has 0 bridgehead atoms. The van der Waals surface area contributed by atoms with E-state index in [1.54, 1.807) is 13.3 Å². The number of benzene rings is 1. The fourth-order valence-corrected chi connectivity index (χ4v) is 2.43. The molecular weight excluding hydrogens is 306 g/mol. The largest absolute Gasteiger partial charge is 0.497 e. The minimum atomic E-state index is 0.675. The summed E-state index contributed by atoms with van der Waals surface area (Å²) in [6.07, 6.45) is 1.74. The Balaban J connectivity index is 1.67. The molecule has 1 saturated heterocycles. The Labute approximate surface area is 141 Å². The number of nitrogens with one attached hydrogen (secondary N) is 1. The van der Waals surface area contributed by atoms with E-state index < -0.39 is 0 Å². The van der Waals surface area contributed by atoms with Gasteiger partial charge < -0.3 is 14.4 Å².